The van der Waals surface area contributed by atoms with Gasteiger partial charge in [-0.25, -0.2) is 17.8 Å². The maximum Gasteiger partial charge on any atom is 0.339 e. The van der Waals surface area contributed by atoms with Gasteiger partial charge in [-0.05, 0) is 60.7 Å². The van der Waals surface area contributed by atoms with Crippen LogP contribution in [0.25, 0.3) is 22.6 Å². The van der Waals surface area contributed by atoms with E-state index < -0.39 is 25.8 Å². The van der Waals surface area contributed by atoms with Crippen LogP contribution in [0.2, 0.25) is 0 Å². The first-order valence-electron chi connectivity index (χ1n) is 9.12. The van der Waals surface area contributed by atoms with Crippen molar-refractivity contribution >= 4 is 31.1 Å². The molecule has 0 N–H and O–H groups in total. The normalized spacial score (nSPS) is 12.2. The number of rotatable bonds is 6. The first-order chi connectivity index (χ1) is 14.7. The quantitative estimate of drug-likeness (QED) is 0.397. The van der Waals surface area contributed by atoms with Crippen LogP contribution in [0.1, 0.15) is 6.92 Å². The van der Waals surface area contributed by atoms with Gasteiger partial charge in [0.2, 0.25) is 5.89 Å². The Hall–Kier alpha value is -3.24. The zero-order valence-corrected chi connectivity index (χ0v) is 17.8. The molecule has 0 saturated heterocycles. The molecule has 10 heteroatoms. The molecular formula is C21H16FNO6S2. The number of hydrogen-bond acceptors (Lipinski definition) is 7. The topological polar surface area (TPSA) is 104 Å². The summed E-state index contributed by atoms with van der Waals surface area (Å²) in [5.41, 5.74) is 1.17. The molecule has 0 radical (unpaired) electrons. The fraction of sp³-hybridized carbons (Fsp3) is 0.0952. The van der Waals surface area contributed by atoms with Gasteiger partial charge in [0.25, 0.3) is 0 Å². The third-order valence-electron chi connectivity index (χ3n) is 4.49. The lowest BCUT2D eigenvalue weighted by Crippen LogP contribution is -2.09. The van der Waals surface area contributed by atoms with E-state index in [2.05, 4.69) is 4.98 Å². The van der Waals surface area contributed by atoms with E-state index in [0.29, 0.717) is 16.7 Å². The Bertz CT molecular complexity index is 1480. The van der Waals surface area contributed by atoms with Crippen molar-refractivity contribution in [2.45, 2.75) is 16.7 Å². The SMILES string of the molecule is CCS(=O)(=O)c1ccc2oc(-c3cccc(OS(=O)(=O)c4ccc(F)cc4)c3)nc2c1. The second-order valence-electron chi connectivity index (χ2n) is 6.57. The summed E-state index contributed by atoms with van der Waals surface area (Å²) in [4.78, 5) is 4.27. The minimum Gasteiger partial charge on any atom is -0.436 e. The fourth-order valence-electron chi connectivity index (χ4n) is 2.85. The molecule has 4 aromatic rings. The number of aromatic nitrogens is 1. The molecule has 0 unspecified atom stereocenters. The number of fused-ring (bicyclic) bond motifs is 1. The molecule has 4 rings (SSSR count). The molecule has 0 fully saturated rings. The molecule has 0 aliphatic heterocycles. The highest BCUT2D eigenvalue weighted by Crippen LogP contribution is 2.29. The highest BCUT2D eigenvalue weighted by Gasteiger charge is 2.19. The van der Waals surface area contributed by atoms with Crippen molar-refractivity contribution in [1.29, 1.82) is 0 Å². The molecule has 31 heavy (non-hydrogen) atoms. The number of sulfone groups is 1. The van der Waals surface area contributed by atoms with Gasteiger partial charge < -0.3 is 8.60 Å². The number of benzene rings is 3. The highest BCUT2D eigenvalue weighted by atomic mass is 32.2. The van der Waals surface area contributed by atoms with Crippen LogP contribution in [0.5, 0.6) is 5.75 Å². The van der Waals surface area contributed by atoms with Gasteiger partial charge in [0.05, 0.1) is 10.6 Å². The van der Waals surface area contributed by atoms with Crippen molar-refractivity contribution in [3.63, 3.8) is 0 Å². The first-order valence-corrected chi connectivity index (χ1v) is 12.2. The molecule has 0 aliphatic carbocycles. The van der Waals surface area contributed by atoms with E-state index in [-0.39, 0.29) is 27.2 Å². The zero-order valence-electron chi connectivity index (χ0n) is 16.1. The van der Waals surface area contributed by atoms with Crippen molar-refractivity contribution in [1.82, 2.24) is 4.98 Å². The van der Waals surface area contributed by atoms with Gasteiger partial charge in [-0.3, -0.25) is 0 Å². The third-order valence-corrected chi connectivity index (χ3v) is 7.48. The number of oxazole rings is 1. The summed E-state index contributed by atoms with van der Waals surface area (Å²) >= 11 is 0. The summed E-state index contributed by atoms with van der Waals surface area (Å²) in [5.74, 6) is -0.415. The van der Waals surface area contributed by atoms with E-state index in [1.54, 1.807) is 19.1 Å². The Morgan fingerprint density at radius 1 is 0.935 bits per heavy atom. The molecule has 0 amide bonds. The number of nitrogens with zero attached hydrogens (tertiary/aromatic N) is 1. The van der Waals surface area contributed by atoms with Crippen molar-refractivity contribution in [2.24, 2.45) is 0 Å². The summed E-state index contributed by atoms with van der Waals surface area (Å²) in [6.45, 7) is 1.55. The van der Waals surface area contributed by atoms with Crippen LogP contribution in [0.3, 0.4) is 0 Å². The molecule has 1 heterocycles. The van der Waals surface area contributed by atoms with Gasteiger partial charge in [0.15, 0.2) is 15.4 Å². The number of halogens is 1. The Kier molecular flexibility index (Phi) is 5.28. The minimum absolute atomic E-state index is 0.0123. The molecule has 7 nitrogen and oxygen atoms in total. The standard InChI is InChI=1S/C21H16FNO6S2/c1-2-30(24,25)18-10-11-20-19(13-18)23-21(28-20)14-4-3-5-16(12-14)29-31(26,27)17-8-6-15(22)7-9-17/h3-13H,2H2,1H3. The monoisotopic (exact) mass is 461 g/mol. The third kappa shape index (κ3) is 4.30. The van der Waals surface area contributed by atoms with E-state index in [4.69, 9.17) is 8.60 Å². The lowest BCUT2D eigenvalue weighted by Gasteiger charge is -2.07. The van der Waals surface area contributed by atoms with Crippen molar-refractivity contribution < 1.29 is 29.8 Å². The summed E-state index contributed by atoms with van der Waals surface area (Å²) < 4.78 is 72.9. The molecular weight excluding hydrogens is 445 g/mol. The van der Waals surface area contributed by atoms with E-state index in [1.807, 2.05) is 0 Å². The Labute approximate surface area is 178 Å². The zero-order chi connectivity index (χ0) is 22.2. The minimum atomic E-state index is -4.16. The number of hydrogen-bond donors (Lipinski definition) is 0. The van der Waals surface area contributed by atoms with Crippen LogP contribution in [0.15, 0.2) is 80.9 Å². The van der Waals surface area contributed by atoms with E-state index in [9.17, 15) is 21.2 Å². The molecule has 0 bridgehead atoms. The van der Waals surface area contributed by atoms with Gasteiger partial charge in [-0.1, -0.05) is 13.0 Å². The average molecular weight is 461 g/mol. The summed E-state index contributed by atoms with van der Waals surface area (Å²) in [7, 11) is -7.56. The summed E-state index contributed by atoms with van der Waals surface area (Å²) in [5, 5.41) is 0. The smallest absolute Gasteiger partial charge is 0.339 e. The summed E-state index contributed by atoms with van der Waals surface area (Å²) in [6, 6.07) is 14.7. The van der Waals surface area contributed by atoms with Gasteiger partial charge in [0.1, 0.15) is 22.0 Å². The lowest BCUT2D eigenvalue weighted by atomic mass is 10.2. The highest BCUT2D eigenvalue weighted by molar-refractivity contribution is 7.91. The van der Waals surface area contributed by atoms with Gasteiger partial charge >= 0.3 is 10.1 Å². The van der Waals surface area contributed by atoms with Crippen molar-refractivity contribution in [3.05, 3.63) is 72.5 Å². The fourth-order valence-corrected chi connectivity index (χ4v) is 4.67. The Morgan fingerprint density at radius 3 is 2.35 bits per heavy atom. The van der Waals surface area contributed by atoms with E-state index in [1.165, 1.54) is 30.3 Å². The van der Waals surface area contributed by atoms with Gasteiger partial charge in [-0.15, -0.1) is 0 Å². The molecule has 0 saturated carbocycles. The molecule has 1 aromatic heterocycles. The van der Waals surface area contributed by atoms with Gasteiger partial charge in [-0.2, -0.15) is 8.42 Å². The second kappa shape index (κ2) is 7.78. The van der Waals surface area contributed by atoms with Crippen LogP contribution >= 0.6 is 0 Å². The van der Waals surface area contributed by atoms with Gasteiger partial charge in [0, 0.05) is 5.56 Å². The van der Waals surface area contributed by atoms with Crippen LogP contribution in [0.4, 0.5) is 4.39 Å². The molecule has 0 spiro atoms. The molecule has 3 aromatic carbocycles. The largest absolute Gasteiger partial charge is 0.436 e. The van der Waals surface area contributed by atoms with E-state index >= 15 is 0 Å². The molecule has 160 valence electrons. The predicted octanol–water partition coefficient (Wildman–Crippen LogP) is 4.20. The van der Waals surface area contributed by atoms with Crippen LogP contribution in [-0.4, -0.2) is 27.6 Å². The van der Waals surface area contributed by atoms with Crippen LogP contribution in [-0.2, 0) is 20.0 Å². The van der Waals surface area contributed by atoms with Crippen LogP contribution < -0.4 is 4.18 Å². The van der Waals surface area contributed by atoms with Crippen molar-refractivity contribution in [2.75, 3.05) is 5.75 Å². The Morgan fingerprint density at radius 2 is 1.65 bits per heavy atom. The lowest BCUT2D eigenvalue weighted by molar-refractivity contribution is 0.485. The first kappa shape index (κ1) is 21.0. The molecule has 0 aliphatic rings. The van der Waals surface area contributed by atoms with Crippen LogP contribution in [0, 0.1) is 5.82 Å². The summed E-state index contributed by atoms with van der Waals surface area (Å²) in [6.07, 6.45) is 0. The van der Waals surface area contributed by atoms with Crippen molar-refractivity contribution in [3.8, 4) is 17.2 Å². The maximum absolute atomic E-state index is 13.1. The Balaban J connectivity index is 1.66. The second-order valence-corrected chi connectivity index (χ2v) is 10.4. The average Bonchev–Trinajstić information content (AvgIpc) is 3.17. The van der Waals surface area contributed by atoms with E-state index in [0.717, 1.165) is 24.3 Å². The molecule has 0 atom stereocenters. The maximum atomic E-state index is 13.1. The predicted molar refractivity (Wildman–Crippen MR) is 111 cm³/mol.